The maximum Gasteiger partial charge on any atom is 0.254 e. The highest BCUT2D eigenvalue weighted by Crippen LogP contribution is 2.32. The number of rotatable bonds is 2. The van der Waals surface area contributed by atoms with Gasteiger partial charge in [-0.15, -0.1) is 0 Å². The molecule has 0 bridgehead atoms. The first-order valence-electron chi connectivity index (χ1n) is 8.42. The van der Waals surface area contributed by atoms with Crippen molar-refractivity contribution in [2.24, 2.45) is 0 Å². The maximum absolute atomic E-state index is 13.1. The molecule has 0 spiro atoms. The minimum absolute atomic E-state index is 0.0264. The smallest absolute Gasteiger partial charge is 0.254 e. The zero-order valence-corrected chi connectivity index (χ0v) is 14.8. The molecule has 0 aliphatic carbocycles. The lowest BCUT2D eigenvalue weighted by Crippen LogP contribution is -2.56. The Bertz CT molecular complexity index is 619. The summed E-state index contributed by atoms with van der Waals surface area (Å²) in [5, 5.41) is 0.622. The van der Waals surface area contributed by atoms with Crippen LogP contribution in [0.25, 0.3) is 0 Å². The van der Waals surface area contributed by atoms with E-state index in [1.54, 1.807) is 24.1 Å². The molecular formula is C18H23ClN2O3. The van der Waals surface area contributed by atoms with Crippen molar-refractivity contribution in [3.05, 3.63) is 34.9 Å². The van der Waals surface area contributed by atoms with Gasteiger partial charge >= 0.3 is 0 Å². The number of likely N-dealkylation sites (tertiary alicyclic amines) is 1. The average Bonchev–Trinajstić information content (AvgIpc) is 2.58. The van der Waals surface area contributed by atoms with Crippen molar-refractivity contribution in [2.45, 2.75) is 44.4 Å². The Hall–Kier alpha value is -1.59. The van der Waals surface area contributed by atoms with Crippen LogP contribution in [0.3, 0.4) is 0 Å². The lowest BCUT2D eigenvalue weighted by molar-refractivity contribution is -0.169. The number of carbonyl (C=O) groups excluding carboxylic acids is 2. The predicted octanol–water partition coefficient (Wildman–Crippen LogP) is 2.64. The van der Waals surface area contributed by atoms with Crippen LogP contribution in [0.5, 0.6) is 0 Å². The molecule has 1 aromatic rings. The highest BCUT2D eigenvalue weighted by Gasteiger charge is 2.42. The number of benzene rings is 1. The number of hydrogen-bond donors (Lipinski definition) is 0. The summed E-state index contributed by atoms with van der Waals surface area (Å²) in [4.78, 5) is 28.7. The van der Waals surface area contributed by atoms with E-state index in [1.807, 2.05) is 17.0 Å². The minimum Gasteiger partial charge on any atom is -0.356 e. The molecule has 0 aromatic heterocycles. The monoisotopic (exact) mass is 350 g/mol. The largest absolute Gasteiger partial charge is 0.356 e. The summed E-state index contributed by atoms with van der Waals surface area (Å²) in [5.74, 6) is -0.146. The van der Waals surface area contributed by atoms with Gasteiger partial charge in [0.1, 0.15) is 6.61 Å². The number of morpholine rings is 1. The van der Waals surface area contributed by atoms with Gasteiger partial charge in [-0.25, -0.2) is 0 Å². The molecule has 2 fully saturated rings. The lowest BCUT2D eigenvalue weighted by Gasteiger charge is -2.42. The zero-order chi connectivity index (χ0) is 17.3. The molecule has 2 heterocycles. The first-order chi connectivity index (χ1) is 11.5. The van der Waals surface area contributed by atoms with Crippen LogP contribution in [-0.2, 0) is 14.3 Å². The van der Waals surface area contributed by atoms with Crippen molar-refractivity contribution in [3.63, 3.8) is 0 Å². The molecule has 1 aromatic carbocycles. The summed E-state index contributed by atoms with van der Waals surface area (Å²) in [6.45, 7) is 2.77. The molecule has 6 heteroatoms. The Balaban J connectivity index is 1.89. The second kappa shape index (κ2) is 7.11. The standard InChI is InChI=1S/C18H23ClN2O3/c1-12-5-3-4-10-21(12)18(23)17-16(20(2)15(22)11-24-17)13-6-8-14(19)9-7-13/h6-9,12,16-17H,3-5,10-11H2,1-2H3/t12-,16+,17-/m1/s1. The third-order valence-corrected chi connectivity index (χ3v) is 5.28. The minimum atomic E-state index is -0.672. The molecule has 0 saturated carbocycles. The molecule has 3 atom stereocenters. The molecular weight excluding hydrogens is 328 g/mol. The number of piperidine rings is 1. The van der Waals surface area contributed by atoms with Crippen LogP contribution in [0.4, 0.5) is 0 Å². The molecule has 2 saturated heterocycles. The second-order valence-electron chi connectivity index (χ2n) is 6.61. The first-order valence-corrected chi connectivity index (χ1v) is 8.80. The van der Waals surface area contributed by atoms with Gasteiger partial charge < -0.3 is 14.5 Å². The summed E-state index contributed by atoms with van der Waals surface area (Å²) in [6, 6.07) is 7.04. The van der Waals surface area contributed by atoms with E-state index in [2.05, 4.69) is 6.92 Å². The molecule has 2 amide bonds. The molecule has 0 N–H and O–H groups in total. The molecule has 3 rings (SSSR count). The van der Waals surface area contributed by atoms with Gasteiger partial charge in [-0.1, -0.05) is 23.7 Å². The van der Waals surface area contributed by atoms with Crippen LogP contribution < -0.4 is 0 Å². The highest BCUT2D eigenvalue weighted by molar-refractivity contribution is 6.30. The quantitative estimate of drug-likeness (QED) is 0.824. The van der Waals surface area contributed by atoms with Crippen LogP contribution in [0.2, 0.25) is 5.02 Å². The van der Waals surface area contributed by atoms with E-state index in [0.717, 1.165) is 31.4 Å². The van der Waals surface area contributed by atoms with Gasteiger partial charge in [0.05, 0.1) is 6.04 Å². The number of nitrogens with zero attached hydrogens (tertiary/aromatic N) is 2. The second-order valence-corrected chi connectivity index (χ2v) is 7.05. The van der Waals surface area contributed by atoms with E-state index < -0.39 is 12.1 Å². The third kappa shape index (κ3) is 3.28. The van der Waals surface area contributed by atoms with Gasteiger partial charge in [-0.2, -0.15) is 0 Å². The van der Waals surface area contributed by atoms with E-state index >= 15 is 0 Å². The van der Waals surface area contributed by atoms with Crippen molar-refractivity contribution in [1.82, 2.24) is 9.80 Å². The Morgan fingerprint density at radius 1 is 1.25 bits per heavy atom. The number of likely N-dealkylation sites (N-methyl/N-ethyl adjacent to an activating group) is 1. The first kappa shape index (κ1) is 17.2. The normalized spacial score (nSPS) is 28.1. The fourth-order valence-corrected chi connectivity index (χ4v) is 3.69. The van der Waals surface area contributed by atoms with Gasteiger partial charge in [0.2, 0.25) is 5.91 Å². The Morgan fingerprint density at radius 3 is 2.62 bits per heavy atom. The zero-order valence-electron chi connectivity index (χ0n) is 14.1. The molecule has 130 valence electrons. The fourth-order valence-electron chi connectivity index (χ4n) is 3.57. The van der Waals surface area contributed by atoms with E-state index in [9.17, 15) is 9.59 Å². The van der Waals surface area contributed by atoms with Crippen molar-refractivity contribution in [1.29, 1.82) is 0 Å². The molecule has 24 heavy (non-hydrogen) atoms. The van der Waals surface area contributed by atoms with Crippen molar-refractivity contribution in [2.75, 3.05) is 20.2 Å². The number of hydrogen-bond acceptors (Lipinski definition) is 3. The topological polar surface area (TPSA) is 49.9 Å². The molecule has 0 radical (unpaired) electrons. The van der Waals surface area contributed by atoms with E-state index in [1.165, 1.54) is 0 Å². The van der Waals surface area contributed by atoms with Gasteiger partial charge in [0.15, 0.2) is 6.10 Å². The Kier molecular flexibility index (Phi) is 5.11. The summed E-state index contributed by atoms with van der Waals surface area (Å²) in [6.07, 6.45) is 2.51. The Labute approximate surface area is 147 Å². The number of carbonyl (C=O) groups is 2. The summed E-state index contributed by atoms with van der Waals surface area (Å²) in [5.41, 5.74) is 0.859. The average molecular weight is 351 g/mol. The van der Waals surface area contributed by atoms with E-state index in [0.29, 0.717) is 5.02 Å². The van der Waals surface area contributed by atoms with Crippen LogP contribution in [0, 0.1) is 0 Å². The van der Waals surface area contributed by atoms with Crippen LogP contribution in [0.15, 0.2) is 24.3 Å². The van der Waals surface area contributed by atoms with Crippen molar-refractivity contribution < 1.29 is 14.3 Å². The SMILES string of the molecule is C[C@@H]1CCCCN1C(=O)[C@@H]1OCC(=O)N(C)[C@H]1c1ccc(Cl)cc1. The molecule has 5 nitrogen and oxygen atoms in total. The molecule has 0 unspecified atom stereocenters. The summed E-state index contributed by atoms with van der Waals surface area (Å²) < 4.78 is 5.71. The third-order valence-electron chi connectivity index (χ3n) is 5.02. The Morgan fingerprint density at radius 2 is 1.96 bits per heavy atom. The van der Waals surface area contributed by atoms with Crippen molar-refractivity contribution >= 4 is 23.4 Å². The molecule has 2 aliphatic rings. The predicted molar refractivity (Wildman–Crippen MR) is 91.7 cm³/mol. The van der Waals surface area contributed by atoms with Crippen LogP contribution in [0.1, 0.15) is 37.8 Å². The number of halogens is 1. The summed E-state index contributed by atoms with van der Waals surface area (Å²) in [7, 11) is 1.73. The van der Waals surface area contributed by atoms with E-state index in [-0.39, 0.29) is 24.5 Å². The number of amides is 2. The fraction of sp³-hybridized carbons (Fsp3) is 0.556. The highest BCUT2D eigenvalue weighted by atomic mass is 35.5. The van der Waals surface area contributed by atoms with E-state index in [4.69, 9.17) is 16.3 Å². The van der Waals surface area contributed by atoms with Gasteiger partial charge in [-0.05, 0) is 43.9 Å². The van der Waals surface area contributed by atoms with Crippen LogP contribution >= 0.6 is 11.6 Å². The van der Waals surface area contributed by atoms with Crippen LogP contribution in [-0.4, -0.2) is 54.0 Å². The van der Waals surface area contributed by atoms with Gasteiger partial charge in [-0.3, -0.25) is 9.59 Å². The van der Waals surface area contributed by atoms with Crippen molar-refractivity contribution in [3.8, 4) is 0 Å². The number of ether oxygens (including phenoxy) is 1. The molecule has 2 aliphatic heterocycles. The van der Waals surface area contributed by atoms with Gasteiger partial charge in [0.25, 0.3) is 5.91 Å². The lowest BCUT2D eigenvalue weighted by atomic mass is 9.95. The van der Waals surface area contributed by atoms with Gasteiger partial charge in [0, 0.05) is 24.7 Å². The summed E-state index contributed by atoms with van der Waals surface area (Å²) >= 11 is 5.97. The maximum atomic E-state index is 13.1.